The molecule has 1 aliphatic carbocycles. The lowest BCUT2D eigenvalue weighted by atomic mass is 9.86. The van der Waals surface area contributed by atoms with Crippen molar-refractivity contribution in [3.63, 3.8) is 0 Å². The van der Waals surface area contributed by atoms with E-state index in [2.05, 4.69) is 15.3 Å². The summed E-state index contributed by atoms with van der Waals surface area (Å²) in [5, 5.41) is 4.85. The zero-order chi connectivity index (χ0) is 25.1. The van der Waals surface area contributed by atoms with Crippen LogP contribution in [0.25, 0.3) is 10.2 Å². The molecule has 0 radical (unpaired) electrons. The Balaban J connectivity index is 1.32. The van der Waals surface area contributed by atoms with Crippen molar-refractivity contribution in [1.82, 2.24) is 9.97 Å². The number of hydrogen-bond acceptors (Lipinski definition) is 7. The lowest BCUT2D eigenvalue weighted by Gasteiger charge is -2.21. The Kier molecular flexibility index (Phi) is 7.34. The molecule has 0 amide bonds. The lowest BCUT2D eigenvalue weighted by molar-refractivity contribution is -0.144. The molecule has 0 saturated heterocycles. The number of thiophene rings is 1. The van der Waals surface area contributed by atoms with Gasteiger partial charge in [0.2, 0.25) is 0 Å². The van der Waals surface area contributed by atoms with Crippen molar-refractivity contribution in [2.24, 2.45) is 5.92 Å². The molecule has 1 atom stereocenters. The number of carbonyl (C=O) groups excluding carboxylic acids is 1. The summed E-state index contributed by atoms with van der Waals surface area (Å²) in [7, 11) is 0. The van der Waals surface area contributed by atoms with E-state index >= 15 is 0 Å². The van der Waals surface area contributed by atoms with Crippen molar-refractivity contribution in [3.8, 4) is 5.75 Å². The number of anilines is 2. The second kappa shape index (κ2) is 10.8. The van der Waals surface area contributed by atoms with Crippen LogP contribution in [0.1, 0.15) is 35.8 Å². The summed E-state index contributed by atoms with van der Waals surface area (Å²) in [5.74, 6) is 1.09. The van der Waals surface area contributed by atoms with Crippen LogP contribution in [0.2, 0.25) is 5.02 Å². The molecule has 1 unspecified atom stereocenters. The highest BCUT2D eigenvalue weighted by Crippen LogP contribution is 2.41. The van der Waals surface area contributed by atoms with Crippen molar-refractivity contribution in [1.29, 1.82) is 0 Å². The minimum absolute atomic E-state index is 0.130. The molecule has 2 aromatic heterocycles. The van der Waals surface area contributed by atoms with E-state index in [1.165, 1.54) is 22.6 Å². The quantitative estimate of drug-likeness (QED) is 0.253. The van der Waals surface area contributed by atoms with Crippen LogP contribution in [-0.2, 0) is 29.0 Å². The molecule has 5 rings (SSSR count). The number of rotatable bonds is 8. The maximum absolute atomic E-state index is 13.4. The van der Waals surface area contributed by atoms with Gasteiger partial charge in [0.15, 0.2) is 0 Å². The van der Waals surface area contributed by atoms with Gasteiger partial charge in [-0.15, -0.1) is 11.3 Å². The second-order valence-electron chi connectivity index (χ2n) is 8.71. The smallest absolute Gasteiger partial charge is 0.306 e. The predicted octanol–water partition coefficient (Wildman–Crippen LogP) is 6.86. The number of hydrogen-bond donors (Lipinski definition) is 1. The van der Waals surface area contributed by atoms with Crippen LogP contribution in [0.3, 0.4) is 0 Å². The van der Waals surface area contributed by atoms with E-state index in [0.717, 1.165) is 46.5 Å². The van der Waals surface area contributed by atoms with E-state index in [1.54, 1.807) is 41.9 Å². The second-order valence-corrected chi connectivity index (χ2v) is 10.2. The Bertz CT molecular complexity index is 1410. The molecule has 4 aromatic rings. The highest BCUT2D eigenvalue weighted by Gasteiger charge is 2.27. The van der Waals surface area contributed by atoms with Crippen LogP contribution in [0, 0.1) is 11.7 Å². The summed E-state index contributed by atoms with van der Waals surface area (Å²) in [4.78, 5) is 23.1. The van der Waals surface area contributed by atoms with Crippen molar-refractivity contribution >= 4 is 50.6 Å². The highest BCUT2D eigenvalue weighted by atomic mass is 35.5. The monoisotopic (exact) mass is 525 g/mol. The number of aryl methyl sites for hydroxylation is 1. The molecule has 0 spiro atoms. The summed E-state index contributed by atoms with van der Waals surface area (Å²) in [6, 6.07) is 11.7. The van der Waals surface area contributed by atoms with Crippen LogP contribution < -0.4 is 10.1 Å². The summed E-state index contributed by atoms with van der Waals surface area (Å²) >= 11 is 8.14. The fourth-order valence-corrected chi connectivity index (χ4v) is 6.06. The SMILES string of the molecule is CCOC(=O)CC1CCc2c(sc3ncnc(Nc4ccc(OCc5cccc(F)c5)c(Cl)c4)c23)C1. The average molecular weight is 526 g/mol. The molecule has 186 valence electrons. The maximum atomic E-state index is 13.4. The van der Waals surface area contributed by atoms with Gasteiger partial charge in [-0.1, -0.05) is 23.7 Å². The number of nitrogens with zero attached hydrogens (tertiary/aromatic N) is 2. The van der Waals surface area contributed by atoms with Gasteiger partial charge in [0.05, 0.1) is 17.0 Å². The fourth-order valence-electron chi connectivity index (χ4n) is 4.52. The van der Waals surface area contributed by atoms with E-state index in [1.807, 2.05) is 13.0 Å². The Labute approximate surface area is 217 Å². The number of fused-ring (bicyclic) bond motifs is 3. The fraction of sp³-hybridized carbons (Fsp3) is 0.296. The average Bonchev–Trinajstić information content (AvgIpc) is 3.22. The molecule has 0 fully saturated rings. The largest absolute Gasteiger partial charge is 0.487 e. The minimum atomic E-state index is -0.303. The Hall–Kier alpha value is -3.23. The molecule has 0 bridgehead atoms. The Morgan fingerprint density at radius 2 is 2.14 bits per heavy atom. The lowest BCUT2D eigenvalue weighted by Crippen LogP contribution is -2.18. The van der Waals surface area contributed by atoms with Crippen molar-refractivity contribution in [3.05, 3.63) is 75.6 Å². The Morgan fingerprint density at radius 1 is 1.25 bits per heavy atom. The summed E-state index contributed by atoms with van der Waals surface area (Å²) in [6.45, 7) is 2.46. The van der Waals surface area contributed by atoms with Gasteiger partial charge in [0, 0.05) is 17.0 Å². The van der Waals surface area contributed by atoms with Crippen LogP contribution in [-0.4, -0.2) is 22.5 Å². The molecule has 36 heavy (non-hydrogen) atoms. The van der Waals surface area contributed by atoms with E-state index in [-0.39, 0.29) is 24.3 Å². The molecule has 2 heterocycles. The van der Waals surface area contributed by atoms with Crippen molar-refractivity contribution < 1.29 is 18.7 Å². The number of benzene rings is 2. The standard InChI is InChI=1S/C27H25ClFN3O3S/c1-2-34-24(33)12-16-6-8-20-23(11-16)36-27-25(20)26(30-15-31-27)32-19-7-9-22(21(28)13-19)35-14-17-4-3-5-18(29)10-17/h3-5,7,9-10,13,15-16H,2,6,8,11-12,14H2,1H3,(H,30,31,32). The first kappa shape index (κ1) is 24.5. The number of carbonyl (C=O) groups is 1. The molecule has 9 heteroatoms. The van der Waals surface area contributed by atoms with Crippen molar-refractivity contribution in [2.45, 2.75) is 39.2 Å². The van der Waals surface area contributed by atoms with Gasteiger partial charge in [-0.05, 0) is 73.6 Å². The third-order valence-corrected chi connectivity index (χ3v) is 7.64. The van der Waals surface area contributed by atoms with Crippen LogP contribution in [0.5, 0.6) is 5.75 Å². The number of ether oxygens (including phenoxy) is 2. The number of nitrogens with one attached hydrogen (secondary N) is 1. The van der Waals surface area contributed by atoms with Gasteiger partial charge < -0.3 is 14.8 Å². The third kappa shape index (κ3) is 5.44. The third-order valence-electron chi connectivity index (χ3n) is 6.19. The number of esters is 1. The molecule has 0 aliphatic heterocycles. The molecule has 6 nitrogen and oxygen atoms in total. The van der Waals surface area contributed by atoms with E-state index in [4.69, 9.17) is 21.1 Å². The molecule has 0 saturated carbocycles. The molecular formula is C27H25ClFN3O3S. The normalized spacial score (nSPS) is 14.9. The highest BCUT2D eigenvalue weighted by molar-refractivity contribution is 7.19. The van der Waals surface area contributed by atoms with Gasteiger partial charge >= 0.3 is 5.97 Å². The first-order chi connectivity index (χ1) is 17.5. The zero-order valence-corrected chi connectivity index (χ0v) is 21.3. The summed E-state index contributed by atoms with van der Waals surface area (Å²) in [5.41, 5.74) is 2.75. The van der Waals surface area contributed by atoms with Gasteiger partial charge in [-0.25, -0.2) is 14.4 Å². The molecule has 1 N–H and O–H groups in total. The van der Waals surface area contributed by atoms with Crippen molar-refractivity contribution in [2.75, 3.05) is 11.9 Å². The van der Waals surface area contributed by atoms with E-state index in [9.17, 15) is 9.18 Å². The molecule has 2 aromatic carbocycles. The van der Waals surface area contributed by atoms with Gasteiger partial charge in [-0.2, -0.15) is 0 Å². The predicted molar refractivity (Wildman–Crippen MR) is 140 cm³/mol. The minimum Gasteiger partial charge on any atom is -0.487 e. The summed E-state index contributed by atoms with van der Waals surface area (Å²) in [6.07, 6.45) is 4.65. The first-order valence-corrected chi connectivity index (χ1v) is 13.0. The number of aromatic nitrogens is 2. The van der Waals surface area contributed by atoms with E-state index < -0.39 is 0 Å². The van der Waals surface area contributed by atoms with Crippen LogP contribution >= 0.6 is 22.9 Å². The zero-order valence-electron chi connectivity index (χ0n) is 19.7. The van der Waals surface area contributed by atoms with E-state index in [0.29, 0.717) is 23.8 Å². The maximum Gasteiger partial charge on any atom is 0.306 e. The molecular weight excluding hydrogens is 501 g/mol. The topological polar surface area (TPSA) is 73.3 Å². The Morgan fingerprint density at radius 3 is 2.94 bits per heavy atom. The van der Waals surface area contributed by atoms with Gasteiger partial charge in [0.25, 0.3) is 0 Å². The first-order valence-electron chi connectivity index (χ1n) is 11.8. The summed E-state index contributed by atoms with van der Waals surface area (Å²) < 4.78 is 24.3. The van der Waals surface area contributed by atoms with Gasteiger partial charge in [0.1, 0.15) is 35.1 Å². The van der Waals surface area contributed by atoms with Gasteiger partial charge in [-0.3, -0.25) is 4.79 Å². The molecule has 1 aliphatic rings. The number of halogens is 2. The van der Waals surface area contributed by atoms with Crippen LogP contribution in [0.15, 0.2) is 48.8 Å². The van der Waals surface area contributed by atoms with Crippen LogP contribution in [0.4, 0.5) is 15.9 Å².